The van der Waals surface area contributed by atoms with Crippen LogP contribution in [0.5, 0.6) is 5.75 Å². The Kier molecular flexibility index (Phi) is 11.4. The number of nitrogens with one attached hydrogen (secondary N) is 2. The quantitative estimate of drug-likeness (QED) is 0.231. The molecule has 0 fully saturated rings. The zero-order valence-corrected chi connectivity index (χ0v) is 18.5. The van der Waals surface area contributed by atoms with Crippen molar-refractivity contribution in [2.45, 2.75) is 26.5 Å². The molecule has 2 N–H and O–H groups in total. The highest BCUT2D eigenvalue weighted by molar-refractivity contribution is 14.0. The summed E-state index contributed by atoms with van der Waals surface area (Å²) in [4.78, 5) is 8.69. The number of hydrogen-bond donors (Lipinski definition) is 2. The van der Waals surface area contributed by atoms with Crippen LogP contribution in [0.15, 0.2) is 35.6 Å². The minimum absolute atomic E-state index is 0. The summed E-state index contributed by atoms with van der Waals surface area (Å²) in [5.41, 5.74) is 1.14. The smallest absolute Gasteiger partial charge is 0.191 e. The number of benzene rings is 1. The fourth-order valence-electron chi connectivity index (χ4n) is 2.25. The Morgan fingerprint density at radius 3 is 2.63 bits per heavy atom. The highest BCUT2D eigenvalue weighted by atomic mass is 127. The zero-order valence-electron chi connectivity index (χ0n) is 16.1. The summed E-state index contributed by atoms with van der Waals surface area (Å²) in [5, 5.41) is 10.6. The molecule has 8 nitrogen and oxygen atoms in total. The average Bonchev–Trinajstić information content (AvgIpc) is 3.07. The van der Waals surface area contributed by atoms with Crippen molar-refractivity contribution in [2.75, 3.05) is 26.8 Å². The van der Waals surface area contributed by atoms with Crippen LogP contribution in [0.3, 0.4) is 0 Å². The molecule has 0 aliphatic carbocycles. The molecule has 0 amide bonds. The predicted octanol–water partition coefficient (Wildman–Crippen LogP) is 2.10. The number of rotatable bonds is 10. The maximum Gasteiger partial charge on any atom is 0.191 e. The van der Waals surface area contributed by atoms with Crippen molar-refractivity contribution in [1.29, 1.82) is 0 Å². The maximum absolute atomic E-state index is 5.71. The number of guanidine groups is 1. The van der Waals surface area contributed by atoms with E-state index in [9.17, 15) is 0 Å². The Morgan fingerprint density at radius 2 is 2.00 bits per heavy atom. The van der Waals surface area contributed by atoms with Crippen LogP contribution in [-0.4, -0.2) is 47.5 Å². The molecule has 0 saturated heterocycles. The molecule has 1 aromatic heterocycles. The summed E-state index contributed by atoms with van der Waals surface area (Å²) in [7, 11) is 3.52. The zero-order chi connectivity index (χ0) is 18.6. The summed E-state index contributed by atoms with van der Waals surface area (Å²) in [5.74, 6) is 2.45. The van der Waals surface area contributed by atoms with Crippen LogP contribution in [0.25, 0.3) is 0 Å². The Bertz CT molecular complexity index is 675. The third kappa shape index (κ3) is 8.57. The van der Waals surface area contributed by atoms with Gasteiger partial charge in [0.1, 0.15) is 24.4 Å². The summed E-state index contributed by atoms with van der Waals surface area (Å²) in [6.45, 7) is 5.40. The van der Waals surface area contributed by atoms with Gasteiger partial charge in [0.25, 0.3) is 0 Å². The van der Waals surface area contributed by atoms with E-state index in [4.69, 9.17) is 9.47 Å². The second kappa shape index (κ2) is 13.3. The Morgan fingerprint density at radius 1 is 1.22 bits per heavy atom. The molecule has 150 valence electrons. The molecular weight excluding hydrogens is 459 g/mol. The van der Waals surface area contributed by atoms with Gasteiger partial charge in [0.15, 0.2) is 5.96 Å². The molecule has 0 spiro atoms. The number of ether oxygens (including phenoxy) is 2. The molecule has 2 rings (SSSR count). The van der Waals surface area contributed by atoms with Crippen molar-refractivity contribution < 1.29 is 9.47 Å². The van der Waals surface area contributed by atoms with E-state index in [-0.39, 0.29) is 24.0 Å². The number of methoxy groups -OCH3 is 1. The molecule has 0 bridgehead atoms. The van der Waals surface area contributed by atoms with Crippen LogP contribution in [0.1, 0.15) is 24.7 Å². The van der Waals surface area contributed by atoms with Crippen molar-refractivity contribution in [3.05, 3.63) is 42.0 Å². The van der Waals surface area contributed by atoms with E-state index < -0.39 is 0 Å². The summed E-state index contributed by atoms with van der Waals surface area (Å²) < 4.78 is 12.6. The number of aryl methyl sites for hydroxylation is 1. The highest BCUT2D eigenvalue weighted by Gasteiger charge is 2.01. The molecule has 0 aliphatic rings. The molecular formula is C18H29IN6O2. The maximum atomic E-state index is 5.71. The number of aromatic nitrogens is 3. The van der Waals surface area contributed by atoms with E-state index in [1.807, 2.05) is 38.2 Å². The van der Waals surface area contributed by atoms with Crippen LogP contribution in [0.2, 0.25) is 0 Å². The van der Waals surface area contributed by atoms with E-state index in [0.717, 1.165) is 42.6 Å². The highest BCUT2D eigenvalue weighted by Crippen LogP contribution is 2.11. The third-order valence-corrected chi connectivity index (χ3v) is 3.71. The number of aliphatic imine (C=N–C) groups is 1. The molecule has 1 aromatic carbocycles. The van der Waals surface area contributed by atoms with Gasteiger partial charge >= 0.3 is 0 Å². The molecule has 2 aromatic rings. The summed E-state index contributed by atoms with van der Waals surface area (Å²) in [6.07, 6.45) is 2.43. The van der Waals surface area contributed by atoms with Gasteiger partial charge in [-0.1, -0.05) is 12.1 Å². The fourth-order valence-corrected chi connectivity index (χ4v) is 2.25. The second-order valence-corrected chi connectivity index (χ2v) is 5.68. The van der Waals surface area contributed by atoms with Crippen LogP contribution >= 0.6 is 24.0 Å². The van der Waals surface area contributed by atoms with Gasteiger partial charge in [-0.3, -0.25) is 4.68 Å². The minimum atomic E-state index is 0. The number of nitrogens with zero attached hydrogens (tertiary/aromatic N) is 4. The lowest BCUT2D eigenvalue weighted by atomic mass is 10.2. The van der Waals surface area contributed by atoms with Gasteiger partial charge in [-0.05, 0) is 31.0 Å². The molecule has 0 unspecified atom stereocenters. The van der Waals surface area contributed by atoms with Crippen LogP contribution in [0, 0.1) is 0 Å². The number of hydrogen-bond acceptors (Lipinski definition) is 5. The van der Waals surface area contributed by atoms with Crippen molar-refractivity contribution in [2.24, 2.45) is 12.0 Å². The monoisotopic (exact) mass is 488 g/mol. The molecule has 0 saturated carbocycles. The van der Waals surface area contributed by atoms with Crippen LogP contribution < -0.4 is 15.4 Å². The van der Waals surface area contributed by atoms with Gasteiger partial charge in [-0.25, -0.2) is 9.98 Å². The summed E-state index contributed by atoms with van der Waals surface area (Å²) >= 11 is 0. The van der Waals surface area contributed by atoms with Gasteiger partial charge in [0.2, 0.25) is 0 Å². The first-order chi connectivity index (χ1) is 12.7. The van der Waals surface area contributed by atoms with Gasteiger partial charge in [0.05, 0.1) is 13.7 Å². The van der Waals surface area contributed by atoms with Crippen molar-refractivity contribution in [3.8, 4) is 5.75 Å². The van der Waals surface area contributed by atoms with E-state index >= 15 is 0 Å². The molecule has 0 aliphatic heterocycles. The topological polar surface area (TPSA) is 85.6 Å². The van der Waals surface area contributed by atoms with Crippen molar-refractivity contribution in [3.63, 3.8) is 0 Å². The van der Waals surface area contributed by atoms with E-state index in [1.54, 1.807) is 11.8 Å². The van der Waals surface area contributed by atoms with E-state index in [0.29, 0.717) is 19.8 Å². The molecule has 0 radical (unpaired) electrons. The van der Waals surface area contributed by atoms with Crippen molar-refractivity contribution in [1.82, 2.24) is 25.4 Å². The van der Waals surface area contributed by atoms with Crippen LogP contribution in [-0.2, 0) is 24.9 Å². The lowest BCUT2D eigenvalue weighted by Gasteiger charge is -2.11. The largest absolute Gasteiger partial charge is 0.497 e. The Hall–Kier alpha value is -1.88. The molecule has 27 heavy (non-hydrogen) atoms. The normalized spacial score (nSPS) is 11.0. The molecule has 1 heterocycles. The second-order valence-electron chi connectivity index (χ2n) is 5.68. The lowest BCUT2D eigenvalue weighted by Crippen LogP contribution is -2.38. The van der Waals surface area contributed by atoms with E-state index in [2.05, 4.69) is 25.7 Å². The summed E-state index contributed by atoms with van der Waals surface area (Å²) in [6, 6.07) is 7.91. The van der Waals surface area contributed by atoms with Gasteiger partial charge in [-0.15, -0.1) is 24.0 Å². The fraction of sp³-hybridized carbons (Fsp3) is 0.500. The SMILES string of the molecule is CCNC(=NCc1ncnn1C)NCCCOCc1ccc(OC)cc1.I. The van der Waals surface area contributed by atoms with Gasteiger partial charge in [-0.2, -0.15) is 5.10 Å². The minimum Gasteiger partial charge on any atom is -0.497 e. The first-order valence-electron chi connectivity index (χ1n) is 8.78. The number of halogens is 1. The average molecular weight is 488 g/mol. The Labute approximate surface area is 177 Å². The third-order valence-electron chi connectivity index (χ3n) is 3.71. The molecule has 0 atom stereocenters. The predicted molar refractivity (Wildman–Crippen MR) is 117 cm³/mol. The lowest BCUT2D eigenvalue weighted by molar-refractivity contribution is 0.119. The standard InChI is InChI=1S/C18H28N6O2.HI/c1-4-19-18(21-12-17-22-14-23-24(17)2)20-10-5-11-26-13-15-6-8-16(25-3)9-7-15;/h6-9,14H,4-5,10-13H2,1-3H3,(H2,19,20,21);1H. The molecule has 9 heteroatoms. The van der Waals surface area contributed by atoms with Gasteiger partial charge in [0, 0.05) is 26.7 Å². The Balaban J connectivity index is 0.00000364. The van der Waals surface area contributed by atoms with E-state index in [1.165, 1.54) is 6.33 Å². The first-order valence-corrected chi connectivity index (χ1v) is 8.78. The first kappa shape index (κ1) is 23.2. The van der Waals surface area contributed by atoms with Gasteiger partial charge < -0.3 is 20.1 Å². The van der Waals surface area contributed by atoms with Crippen LogP contribution in [0.4, 0.5) is 0 Å². The van der Waals surface area contributed by atoms with Crippen molar-refractivity contribution >= 4 is 29.9 Å².